The first-order chi connectivity index (χ1) is 23.3. The van der Waals surface area contributed by atoms with Gasteiger partial charge < -0.3 is 9.47 Å². The van der Waals surface area contributed by atoms with Gasteiger partial charge in [0.05, 0.1) is 16.9 Å². The van der Waals surface area contributed by atoms with E-state index in [1.54, 1.807) is 0 Å². The number of para-hydroxylation sites is 2. The lowest BCUT2D eigenvalue weighted by Gasteiger charge is -2.35. The van der Waals surface area contributed by atoms with Crippen molar-refractivity contribution in [1.82, 2.24) is 4.57 Å². The molecule has 2 nitrogen and oxygen atoms in total. The van der Waals surface area contributed by atoms with Crippen molar-refractivity contribution in [3.63, 3.8) is 0 Å². The Morgan fingerprint density at radius 2 is 1.30 bits per heavy atom. The van der Waals surface area contributed by atoms with Crippen molar-refractivity contribution in [3.8, 4) is 16.8 Å². The fourth-order valence-corrected chi connectivity index (χ4v) is 9.31. The highest BCUT2D eigenvalue weighted by Gasteiger charge is 2.41. The minimum absolute atomic E-state index is 0.483. The van der Waals surface area contributed by atoms with Crippen LogP contribution in [-0.4, -0.2) is 10.6 Å². The zero-order chi connectivity index (χ0) is 31.1. The zero-order valence-corrected chi connectivity index (χ0v) is 26.9. The number of fused-ring (bicyclic) bond motifs is 8. The van der Waals surface area contributed by atoms with Crippen LogP contribution in [-0.2, 0) is 6.42 Å². The summed E-state index contributed by atoms with van der Waals surface area (Å²) < 4.78 is 2.59. The molecule has 2 heteroatoms. The van der Waals surface area contributed by atoms with E-state index in [1.807, 2.05) is 0 Å². The van der Waals surface area contributed by atoms with Crippen LogP contribution in [0.4, 0.5) is 11.4 Å². The number of hydrogen-bond acceptors (Lipinski definition) is 1. The van der Waals surface area contributed by atoms with Crippen molar-refractivity contribution in [2.24, 2.45) is 5.92 Å². The Balaban J connectivity index is 1.36. The van der Waals surface area contributed by atoms with E-state index in [0.29, 0.717) is 17.9 Å². The summed E-state index contributed by atoms with van der Waals surface area (Å²) in [6, 6.07) is 46.2. The smallest absolute Gasteiger partial charge is 0.0620 e. The third-order valence-corrected chi connectivity index (χ3v) is 11.3. The molecule has 2 aliphatic carbocycles. The summed E-state index contributed by atoms with van der Waals surface area (Å²) in [5.74, 6) is 1.12. The second-order valence-electron chi connectivity index (χ2n) is 14.0. The third-order valence-electron chi connectivity index (χ3n) is 11.3. The van der Waals surface area contributed by atoms with Crippen LogP contribution in [0.3, 0.4) is 0 Å². The van der Waals surface area contributed by atoms with Crippen molar-refractivity contribution in [1.29, 1.82) is 0 Å². The number of hydrogen-bond donors (Lipinski definition) is 0. The van der Waals surface area contributed by atoms with Gasteiger partial charge in [0.2, 0.25) is 0 Å². The van der Waals surface area contributed by atoms with Crippen molar-refractivity contribution >= 4 is 49.9 Å². The second kappa shape index (κ2) is 10.5. The topological polar surface area (TPSA) is 8.17 Å². The predicted octanol–water partition coefficient (Wildman–Crippen LogP) is 12.0. The molecule has 1 aromatic heterocycles. The molecule has 7 aromatic rings. The Morgan fingerprint density at radius 3 is 2.17 bits per heavy atom. The summed E-state index contributed by atoms with van der Waals surface area (Å²) in [5.41, 5.74) is 12.2. The Morgan fingerprint density at radius 1 is 0.596 bits per heavy atom. The largest absolute Gasteiger partial charge is 0.336 e. The minimum atomic E-state index is 0.483. The second-order valence-corrected chi connectivity index (χ2v) is 14.0. The zero-order valence-electron chi connectivity index (χ0n) is 26.9. The number of aromatic nitrogens is 1. The lowest BCUT2D eigenvalue weighted by atomic mass is 9.82. The average Bonchev–Trinajstić information content (AvgIpc) is 3.63. The number of nitrogens with zero attached hydrogens (tertiary/aromatic N) is 2. The first-order valence-corrected chi connectivity index (χ1v) is 17.5. The molecular weight excluding hydrogens is 569 g/mol. The van der Waals surface area contributed by atoms with Crippen LogP contribution in [0.25, 0.3) is 55.3 Å². The van der Waals surface area contributed by atoms with Gasteiger partial charge in [-0.3, -0.25) is 0 Å². The maximum Gasteiger partial charge on any atom is 0.0620 e. The molecule has 1 aliphatic heterocycles. The summed E-state index contributed by atoms with van der Waals surface area (Å²) in [7, 11) is 0. The van der Waals surface area contributed by atoms with E-state index < -0.39 is 0 Å². The van der Waals surface area contributed by atoms with Crippen LogP contribution in [0.5, 0.6) is 0 Å². The highest BCUT2D eigenvalue weighted by atomic mass is 15.2. The third kappa shape index (κ3) is 3.97. The molecule has 10 rings (SSSR count). The van der Waals surface area contributed by atoms with E-state index in [2.05, 4.69) is 150 Å². The fourth-order valence-electron chi connectivity index (χ4n) is 9.31. The predicted molar refractivity (Wildman–Crippen MR) is 199 cm³/mol. The Hall–Kier alpha value is -5.08. The van der Waals surface area contributed by atoms with Crippen LogP contribution in [0, 0.1) is 5.92 Å². The molecule has 0 amide bonds. The maximum absolute atomic E-state index is 2.76. The van der Waals surface area contributed by atoms with Gasteiger partial charge in [0, 0.05) is 50.3 Å². The Labute approximate surface area is 276 Å². The number of benzene rings is 6. The van der Waals surface area contributed by atoms with Gasteiger partial charge in [-0.05, 0) is 71.7 Å². The number of rotatable bonds is 3. The molecule has 228 valence electrons. The summed E-state index contributed by atoms with van der Waals surface area (Å²) in [5, 5.41) is 6.67. The number of anilines is 2. The molecule has 0 N–H and O–H groups in total. The van der Waals surface area contributed by atoms with Crippen molar-refractivity contribution < 1.29 is 0 Å². The monoisotopic (exact) mass is 606 g/mol. The lowest BCUT2D eigenvalue weighted by Crippen LogP contribution is -2.32. The van der Waals surface area contributed by atoms with E-state index in [4.69, 9.17) is 0 Å². The lowest BCUT2D eigenvalue weighted by molar-refractivity contribution is 0.402. The van der Waals surface area contributed by atoms with Crippen LogP contribution in [0.1, 0.15) is 55.3 Å². The summed E-state index contributed by atoms with van der Waals surface area (Å²) >= 11 is 0. The Kier molecular flexibility index (Phi) is 6.03. The standard InChI is InChI=1S/C45H38N2/c1-29-23-26-43-38(27-29)34-17-9-12-22-42(34)47(43)45-36-19-6-5-18-35(36)44(37-25-24-31(28-39(37)45)30-13-3-2-4-14-30)46-40-20-10-7-15-32(40)33-16-8-11-21-41(33)46/h2-7,9-10,12-15,17-20,22-26,28-29,33,41H,8,11,16,21,27H2,1H3/t29?,33-,41?/m0/s1. The Bertz CT molecular complexity index is 2380. The molecular formula is C45H38N2. The van der Waals surface area contributed by atoms with Crippen LogP contribution < -0.4 is 4.90 Å². The molecule has 1 fully saturated rings. The molecule has 0 radical (unpaired) electrons. The van der Waals surface area contributed by atoms with Crippen molar-refractivity contribution in [2.45, 2.75) is 51.0 Å². The normalized spacial score (nSPS) is 20.1. The van der Waals surface area contributed by atoms with Gasteiger partial charge >= 0.3 is 0 Å². The van der Waals surface area contributed by atoms with E-state index in [9.17, 15) is 0 Å². The van der Waals surface area contributed by atoms with E-state index >= 15 is 0 Å². The first-order valence-electron chi connectivity index (χ1n) is 17.5. The molecule has 2 unspecified atom stereocenters. The highest BCUT2D eigenvalue weighted by Crippen LogP contribution is 2.55. The van der Waals surface area contributed by atoms with Crippen LogP contribution >= 0.6 is 0 Å². The highest BCUT2D eigenvalue weighted by molar-refractivity contribution is 6.20. The van der Waals surface area contributed by atoms with Gasteiger partial charge in [0.25, 0.3) is 0 Å². The van der Waals surface area contributed by atoms with Crippen LogP contribution in [0.2, 0.25) is 0 Å². The van der Waals surface area contributed by atoms with Gasteiger partial charge in [-0.2, -0.15) is 0 Å². The van der Waals surface area contributed by atoms with E-state index in [0.717, 1.165) is 6.42 Å². The molecule has 0 saturated heterocycles. The van der Waals surface area contributed by atoms with Crippen molar-refractivity contribution in [3.05, 3.63) is 144 Å². The molecule has 47 heavy (non-hydrogen) atoms. The van der Waals surface area contributed by atoms with Gasteiger partial charge in [0.1, 0.15) is 0 Å². The van der Waals surface area contributed by atoms with Crippen LogP contribution in [0.15, 0.2) is 127 Å². The maximum atomic E-state index is 2.76. The fraction of sp³-hybridized carbons (Fsp3) is 0.200. The van der Waals surface area contributed by atoms with Gasteiger partial charge in [-0.15, -0.1) is 0 Å². The van der Waals surface area contributed by atoms with E-state index in [1.165, 1.54) is 103 Å². The molecule has 0 spiro atoms. The summed E-state index contributed by atoms with van der Waals surface area (Å²) in [6.45, 7) is 2.34. The molecule has 3 aliphatic rings. The van der Waals surface area contributed by atoms with Gasteiger partial charge in [0.15, 0.2) is 0 Å². The molecule has 2 heterocycles. The molecule has 3 atom stereocenters. The number of allylic oxidation sites excluding steroid dienone is 1. The SMILES string of the molecule is CC1C=Cc2c(c3ccccc3n2-c2c3ccccc3c(N3c4ccccc4[C@@H]4CCCCC43)c3ccc(-c4ccccc4)cc23)C1. The average molecular weight is 607 g/mol. The summed E-state index contributed by atoms with van der Waals surface area (Å²) in [6.07, 6.45) is 11.0. The van der Waals surface area contributed by atoms with Crippen molar-refractivity contribution in [2.75, 3.05) is 4.90 Å². The molecule has 6 aromatic carbocycles. The quantitative estimate of drug-likeness (QED) is 0.182. The molecule has 1 saturated carbocycles. The van der Waals surface area contributed by atoms with E-state index in [-0.39, 0.29) is 0 Å². The minimum Gasteiger partial charge on any atom is -0.336 e. The first kappa shape index (κ1) is 27.1. The van der Waals surface area contributed by atoms with Gasteiger partial charge in [-0.1, -0.05) is 129 Å². The summed E-state index contributed by atoms with van der Waals surface area (Å²) in [4.78, 5) is 2.76. The molecule has 0 bridgehead atoms. The van der Waals surface area contributed by atoms with Gasteiger partial charge in [-0.25, -0.2) is 0 Å².